The molecule has 7 aliphatic rings. The van der Waals surface area contributed by atoms with E-state index >= 15 is 0 Å². The first-order chi connectivity index (χ1) is 25.6. The Balaban J connectivity index is 1.32. The maximum absolute atomic E-state index is 14.7. The number of carbonyl (C=O) groups is 2. The normalized spacial score (nSPS) is 29.2. The molecule has 2 fully saturated rings. The van der Waals surface area contributed by atoms with Crippen LogP contribution >= 0.6 is 11.8 Å². The van der Waals surface area contributed by atoms with Crippen molar-refractivity contribution < 1.29 is 43.1 Å². The Kier molecular flexibility index (Phi) is 8.01. The molecular weight excluding hydrogens is 701 g/mol. The summed E-state index contributed by atoms with van der Waals surface area (Å²) in [7, 11) is 3.14. The smallest absolute Gasteiger partial charge is 0.331 e. The number of hydrogen-bond donors (Lipinski definition) is 3. The lowest BCUT2D eigenvalue weighted by Crippen LogP contribution is -2.69. The van der Waals surface area contributed by atoms with Gasteiger partial charge in [-0.05, 0) is 61.1 Å². The number of piperazine rings is 1. The van der Waals surface area contributed by atoms with Crippen LogP contribution in [0, 0.1) is 25.2 Å². The molecule has 0 amide bonds. The summed E-state index contributed by atoms with van der Waals surface area (Å²) in [4.78, 5) is 29.7. The van der Waals surface area contributed by atoms with Crippen molar-refractivity contribution in [3.63, 3.8) is 0 Å². The van der Waals surface area contributed by atoms with Gasteiger partial charge < -0.3 is 38.8 Å². The van der Waals surface area contributed by atoms with E-state index in [-0.39, 0.29) is 30.9 Å². The number of benzene rings is 3. The first-order valence-electron chi connectivity index (χ1n) is 17.8. The van der Waals surface area contributed by atoms with Gasteiger partial charge in [0.25, 0.3) is 0 Å². The third-order valence-electron chi connectivity index (χ3n) is 11.8. The fraction of sp³-hybridized carbons (Fsp3) is 0.462. The van der Waals surface area contributed by atoms with Crippen LogP contribution in [0.4, 0.5) is 0 Å². The van der Waals surface area contributed by atoms with Gasteiger partial charge in [-0.25, -0.2) is 4.79 Å². The fourth-order valence-electron chi connectivity index (χ4n) is 9.71. The van der Waals surface area contributed by atoms with Gasteiger partial charge in [0.1, 0.15) is 24.1 Å². The number of ether oxygens (including phenoxy) is 6. The molecule has 3 aromatic rings. The van der Waals surface area contributed by atoms with E-state index in [0.717, 1.165) is 34.2 Å². The molecule has 276 valence electrons. The standard InChI is InChI=1S/C39H40N4O9S/c1-17-10-21-11-24-25(13-40)43-26-14-49-38(46)39(23-12-22(47-4)7-6-20(23)8-9-41-39)15-53-37(31(43)30(42-24)27(21)32(45)33(17)48-5)29-28(26)36-35(50-16-51-36)18(2)34(29)52-19(3)44/h6-7,10,12,24-26,30-31,37,41-42,45H,8-9,11,14-16H2,1-5H3/t24-,25-,26?,30+,31+,37+,39+/m0/s1. The maximum Gasteiger partial charge on any atom is 0.331 e. The molecular formula is C39H40N4O9S. The lowest BCUT2D eigenvalue weighted by Gasteiger charge is -2.59. The minimum absolute atomic E-state index is 0.0413. The second-order valence-electron chi connectivity index (χ2n) is 14.5. The number of fused-ring (bicyclic) bond motifs is 9. The minimum atomic E-state index is -1.24. The summed E-state index contributed by atoms with van der Waals surface area (Å²) in [5.74, 6) is 1.65. The topological polar surface area (TPSA) is 161 Å². The van der Waals surface area contributed by atoms with Gasteiger partial charge in [-0.2, -0.15) is 5.26 Å². The molecule has 4 bridgehead atoms. The van der Waals surface area contributed by atoms with E-state index in [2.05, 4.69) is 21.6 Å². The summed E-state index contributed by atoms with van der Waals surface area (Å²) in [6, 6.07) is 7.75. The van der Waals surface area contributed by atoms with Crippen molar-refractivity contribution >= 4 is 23.7 Å². The van der Waals surface area contributed by atoms with E-state index in [1.807, 2.05) is 38.1 Å². The second-order valence-corrected chi connectivity index (χ2v) is 15.6. The number of aryl methyl sites for hydroxylation is 1. The lowest BCUT2D eigenvalue weighted by molar-refractivity contribution is -0.155. The Labute approximate surface area is 310 Å². The molecule has 2 saturated heterocycles. The quantitative estimate of drug-likeness (QED) is 0.262. The second kappa shape index (κ2) is 12.4. The van der Waals surface area contributed by atoms with Crippen LogP contribution in [0.25, 0.3) is 0 Å². The Bertz CT molecular complexity index is 2140. The number of hydrogen-bond acceptors (Lipinski definition) is 14. The molecule has 14 heteroatoms. The van der Waals surface area contributed by atoms with Crippen LogP contribution in [0.15, 0.2) is 24.3 Å². The van der Waals surface area contributed by atoms with E-state index in [1.54, 1.807) is 14.2 Å². The van der Waals surface area contributed by atoms with Crippen LogP contribution in [0.3, 0.4) is 0 Å². The molecule has 3 aromatic carbocycles. The fourth-order valence-corrected chi connectivity index (χ4v) is 11.4. The van der Waals surface area contributed by atoms with Gasteiger partial charge in [0.05, 0.1) is 37.6 Å². The van der Waals surface area contributed by atoms with E-state index in [9.17, 15) is 20.0 Å². The highest BCUT2D eigenvalue weighted by Crippen LogP contribution is 2.63. The number of nitrogens with one attached hydrogen (secondary N) is 2. The maximum atomic E-state index is 14.7. The molecule has 7 aliphatic heterocycles. The van der Waals surface area contributed by atoms with Gasteiger partial charge in [-0.15, -0.1) is 11.8 Å². The first-order valence-corrected chi connectivity index (χ1v) is 18.8. The molecule has 7 atom stereocenters. The van der Waals surface area contributed by atoms with Crippen LogP contribution in [0.1, 0.15) is 68.8 Å². The van der Waals surface area contributed by atoms with Gasteiger partial charge in [-0.3, -0.25) is 15.0 Å². The van der Waals surface area contributed by atoms with Gasteiger partial charge in [0.15, 0.2) is 28.5 Å². The summed E-state index contributed by atoms with van der Waals surface area (Å²) < 4.78 is 36.1. The number of nitriles is 1. The molecule has 1 unspecified atom stereocenters. The van der Waals surface area contributed by atoms with Crippen LogP contribution in [0.2, 0.25) is 0 Å². The zero-order valence-electron chi connectivity index (χ0n) is 30.0. The molecule has 0 aliphatic carbocycles. The monoisotopic (exact) mass is 740 g/mol. The van der Waals surface area contributed by atoms with E-state index in [0.29, 0.717) is 58.4 Å². The van der Waals surface area contributed by atoms with Crippen LogP contribution in [-0.2, 0) is 32.7 Å². The lowest BCUT2D eigenvalue weighted by atomic mass is 9.72. The van der Waals surface area contributed by atoms with Crippen molar-refractivity contribution in [1.29, 1.82) is 5.26 Å². The van der Waals surface area contributed by atoms with Crippen molar-refractivity contribution in [1.82, 2.24) is 15.5 Å². The molecule has 3 N–H and O–H groups in total. The Morgan fingerprint density at radius 3 is 2.64 bits per heavy atom. The predicted octanol–water partition coefficient (Wildman–Crippen LogP) is 3.94. The highest BCUT2D eigenvalue weighted by atomic mass is 32.2. The number of carbonyl (C=O) groups excluding carboxylic acids is 2. The number of rotatable bonds is 3. The highest BCUT2D eigenvalue weighted by molar-refractivity contribution is 7.99. The zero-order valence-corrected chi connectivity index (χ0v) is 30.8. The molecule has 0 aromatic heterocycles. The summed E-state index contributed by atoms with van der Waals surface area (Å²) in [5.41, 5.74) is 5.00. The molecule has 0 saturated carbocycles. The van der Waals surface area contributed by atoms with Gasteiger partial charge >= 0.3 is 11.9 Å². The number of phenols is 1. The summed E-state index contributed by atoms with van der Waals surface area (Å²) in [6.45, 7) is 5.49. The van der Waals surface area contributed by atoms with E-state index in [4.69, 9.17) is 28.4 Å². The van der Waals surface area contributed by atoms with E-state index < -0.39 is 46.9 Å². The predicted molar refractivity (Wildman–Crippen MR) is 192 cm³/mol. The first kappa shape index (κ1) is 34.1. The van der Waals surface area contributed by atoms with E-state index in [1.165, 1.54) is 18.7 Å². The average molecular weight is 741 g/mol. The number of nitrogens with zero attached hydrogens (tertiary/aromatic N) is 2. The molecule has 0 radical (unpaired) electrons. The van der Waals surface area contributed by atoms with Crippen molar-refractivity contribution in [2.24, 2.45) is 0 Å². The summed E-state index contributed by atoms with van der Waals surface area (Å²) >= 11 is 1.52. The summed E-state index contributed by atoms with van der Waals surface area (Å²) in [6.07, 6.45) is 1.21. The highest BCUT2D eigenvalue weighted by Gasteiger charge is 2.60. The third kappa shape index (κ3) is 4.80. The van der Waals surface area contributed by atoms with Crippen LogP contribution in [-0.4, -0.2) is 80.0 Å². The zero-order chi connectivity index (χ0) is 36.9. The Morgan fingerprint density at radius 1 is 1.08 bits per heavy atom. The molecule has 1 spiro atoms. The average Bonchev–Trinajstić information content (AvgIpc) is 3.64. The molecule has 13 nitrogen and oxygen atoms in total. The number of phenolic OH excluding ortho intramolecular Hbond substituents is 1. The number of methoxy groups -OCH3 is 2. The van der Waals surface area contributed by atoms with Crippen molar-refractivity contribution in [2.45, 2.75) is 74.6 Å². The summed E-state index contributed by atoms with van der Waals surface area (Å²) in [5, 5.41) is 29.7. The minimum Gasteiger partial charge on any atom is -0.504 e. The number of thioether (sulfide) groups is 1. The SMILES string of the molecule is COc1ccc2c(c1)[C@@]1(CS[C@@H]3c4c(OC(C)=O)c(C)c5c(c4C(COC1=O)N1[C@@H]3[C@@H]3N[C@@H](Cc4cc(C)c(OC)c(O)c43)[C@@H]1C#N)OCO5)NCC2. The number of aromatic hydroxyl groups is 1. The molecule has 10 rings (SSSR count). The number of esters is 2. The Morgan fingerprint density at radius 2 is 1.89 bits per heavy atom. The van der Waals surface area contributed by atoms with Gasteiger partial charge in [-0.1, -0.05) is 12.1 Å². The van der Waals surface area contributed by atoms with Gasteiger partial charge in [0, 0.05) is 53.6 Å². The largest absolute Gasteiger partial charge is 0.504 e. The molecule has 7 heterocycles. The third-order valence-corrected chi connectivity index (χ3v) is 13.3. The van der Waals surface area contributed by atoms with Gasteiger partial charge in [0.2, 0.25) is 6.79 Å². The Hall–Kier alpha value is -4.68. The van der Waals surface area contributed by atoms with Crippen molar-refractivity contribution in [2.75, 3.05) is 39.9 Å². The van der Waals surface area contributed by atoms with Crippen LogP contribution < -0.4 is 34.3 Å². The van der Waals surface area contributed by atoms with Crippen molar-refractivity contribution in [3.8, 4) is 40.6 Å². The molecule has 53 heavy (non-hydrogen) atoms. The van der Waals surface area contributed by atoms with Crippen LogP contribution in [0.5, 0.6) is 34.5 Å². The van der Waals surface area contributed by atoms with Crippen molar-refractivity contribution in [3.05, 3.63) is 68.8 Å².